The van der Waals surface area contributed by atoms with E-state index in [2.05, 4.69) is 37.2 Å². The number of hydrogen-bond acceptors (Lipinski definition) is 2. The van der Waals surface area contributed by atoms with Crippen LogP contribution < -0.4 is 5.32 Å². The zero-order chi connectivity index (χ0) is 12.3. The molecule has 1 aliphatic carbocycles. The van der Waals surface area contributed by atoms with E-state index in [1.165, 1.54) is 19.3 Å². The Labute approximate surface area is 122 Å². The lowest BCUT2D eigenvalue weighted by Crippen LogP contribution is -2.42. The van der Waals surface area contributed by atoms with Crippen LogP contribution in [0.3, 0.4) is 0 Å². The van der Waals surface area contributed by atoms with E-state index in [0.717, 1.165) is 21.1 Å². The SMILES string of the molecule is O=C(NC1CCCCC1CBr)c1csc(Br)c1. The number of alkyl halides is 1. The maximum Gasteiger partial charge on any atom is 0.252 e. The van der Waals surface area contributed by atoms with Crippen molar-refractivity contribution in [1.82, 2.24) is 5.32 Å². The zero-order valence-electron chi connectivity index (χ0n) is 9.42. The number of amides is 1. The van der Waals surface area contributed by atoms with Gasteiger partial charge < -0.3 is 5.32 Å². The average molecular weight is 381 g/mol. The normalized spacial score (nSPS) is 24.6. The maximum absolute atomic E-state index is 12.0. The highest BCUT2D eigenvalue weighted by Crippen LogP contribution is 2.27. The van der Waals surface area contributed by atoms with Gasteiger partial charge in [0.05, 0.1) is 9.35 Å². The summed E-state index contributed by atoms with van der Waals surface area (Å²) >= 11 is 8.47. The van der Waals surface area contributed by atoms with Crippen LogP contribution >= 0.6 is 43.2 Å². The van der Waals surface area contributed by atoms with E-state index in [1.807, 2.05) is 11.4 Å². The topological polar surface area (TPSA) is 29.1 Å². The predicted octanol–water partition coefficient (Wildman–Crippen LogP) is 4.19. The molecule has 2 unspecified atom stereocenters. The van der Waals surface area contributed by atoms with E-state index in [-0.39, 0.29) is 5.91 Å². The second kappa shape index (κ2) is 6.34. The molecular weight excluding hydrogens is 366 g/mol. The first-order valence-electron chi connectivity index (χ1n) is 5.81. The first kappa shape index (κ1) is 13.6. The molecule has 0 saturated heterocycles. The van der Waals surface area contributed by atoms with Crippen molar-refractivity contribution in [2.45, 2.75) is 31.7 Å². The van der Waals surface area contributed by atoms with Gasteiger partial charge >= 0.3 is 0 Å². The van der Waals surface area contributed by atoms with Crippen LogP contribution in [0.15, 0.2) is 15.2 Å². The van der Waals surface area contributed by atoms with Gasteiger partial charge in [0, 0.05) is 16.8 Å². The first-order chi connectivity index (χ1) is 8.20. The fourth-order valence-electron chi connectivity index (χ4n) is 2.26. The van der Waals surface area contributed by atoms with E-state index in [1.54, 1.807) is 11.3 Å². The van der Waals surface area contributed by atoms with Gasteiger partial charge in [0.25, 0.3) is 5.91 Å². The van der Waals surface area contributed by atoms with Gasteiger partial charge in [-0.25, -0.2) is 0 Å². The first-order valence-corrected chi connectivity index (χ1v) is 8.61. The molecule has 1 amide bonds. The third kappa shape index (κ3) is 3.55. The summed E-state index contributed by atoms with van der Waals surface area (Å²) in [7, 11) is 0. The van der Waals surface area contributed by atoms with E-state index in [9.17, 15) is 4.79 Å². The largest absolute Gasteiger partial charge is 0.349 e. The Morgan fingerprint density at radius 2 is 2.24 bits per heavy atom. The Morgan fingerprint density at radius 3 is 2.88 bits per heavy atom. The van der Waals surface area contributed by atoms with Crippen molar-refractivity contribution in [3.05, 3.63) is 20.8 Å². The second-order valence-electron chi connectivity index (χ2n) is 4.42. The lowest BCUT2D eigenvalue weighted by Gasteiger charge is -2.30. The highest BCUT2D eigenvalue weighted by Gasteiger charge is 2.25. The summed E-state index contributed by atoms with van der Waals surface area (Å²) in [6.07, 6.45) is 4.82. The third-order valence-corrected chi connectivity index (χ3v) is 5.59. The van der Waals surface area contributed by atoms with Gasteiger partial charge in [-0.05, 0) is 40.8 Å². The average Bonchev–Trinajstić information content (AvgIpc) is 2.77. The number of nitrogens with one attached hydrogen (secondary N) is 1. The fourth-order valence-corrected chi connectivity index (χ4v) is 4.17. The van der Waals surface area contributed by atoms with Crippen molar-refractivity contribution < 1.29 is 4.79 Å². The molecule has 94 valence electrons. The van der Waals surface area contributed by atoms with Crippen LogP contribution in [0.25, 0.3) is 0 Å². The molecule has 2 rings (SSSR count). The molecule has 0 spiro atoms. The molecule has 2 nitrogen and oxygen atoms in total. The molecule has 17 heavy (non-hydrogen) atoms. The summed E-state index contributed by atoms with van der Waals surface area (Å²) in [5.74, 6) is 0.638. The third-order valence-electron chi connectivity index (χ3n) is 3.25. The predicted molar refractivity (Wildman–Crippen MR) is 79.0 cm³/mol. The molecule has 0 aliphatic heterocycles. The standard InChI is InChI=1S/C12H15Br2NOS/c13-6-8-3-1-2-4-10(8)15-12(16)9-5-11(14)17-7-9/h5,7-8,10H,1-4,6H2,(H,15,16). The monoisotopic (exact) mass is 379 g/mol. The van der Waals surface area contributed by atoms with Crippen LogP contribution in [0.5, 0.6) is 0 Å². The van der Waals surface area contributed by atoms with E-state index < -0.39 is 0 Å². The number of halogens is 2. The summed E-state index contributed by atoms with van der Waals surface area (Å²) in [4.78, 5) is 12.0. The molecule has 0 bridgehead atoms. The van der Waals surface area contributed by atoms with Gasteiger partial charge in [0.1, 0.15) is 0 Å². The zero-order valence-corrected chi connectivity index (χ0v) is 13.4. The lowest BCUT2D eigenvalue weighted by atomic mass is 9.86. The highest BCUT2D eigenvalue weighted by atomic mass is 79.9. The molecular formula is C12H15Br2NOS. The summed E-state index contributed by atoms with van der Waals surface area (Å²) in [6.45, 7) is 0. The minimum absolute atomic E-state index is 0.0600. The molecule has 1 aliphatic rings. The van der Waals surface area contributed by atoms with Crippen molar-refractivity contribution >= 4 is 49.1 Å². The number of carbonyl (C=O) groups is 1. The molecule has 1 saturated carbocycles. The Morgan fingerprint density at radius 1 is 1.47 bits per heavy atom. The summed E-state index contributed by atoms with van der Waals surface area (Å²) in [6, 6.07) is 2.21. The van der Waals surface area contributed by atoms with Crippen LogP contribution in [0, 0.1) is 5.92 Å². The molecule has 1 fully saturated rings. The lowest BCUT2D eigenvalue weighted by molar-refractivity contribution is 0.0912. The molecule has 5 heteroatoms. The molecule has 1 aromatic rings. The quantitative estimate of drug-likeness (QED) is 0.782. The maximum atomic E-state index is 12.0. The number of rotatable bonds is 3. The van der Waals surface area contributed by atoms with Crippen molar-refractivity contribution in [2.75, 3.05) is 5.33 Å². The molecule has 1 aromatic heterocycles. The Balaban J connectivity index is 1.97. The fraction of sp³-hybridized carbons (Fsp3) is 0.583. The Kier molecular flexibility index (Phi) is 5.06. The van der Waals surface area contributed by atoms with Crippen LogP contribution in [0.1, 0.15) is 36.0 Å². The number of hydrogen-bond donors (Lipinski definition) is 1. The Hall–Kier alpha value is 0.130. The Bertz CT molecular complexity index is 394. The van der Waals surface area contributed by atoms with Gasteiger partial charge in [-0.1, -0.05) is 28.8 Å². The van der Waals surface area contributed by atoms with Crippen molar-refractivity contribution in [1.29, 1.82) is 0 Å². The van der Waals surface area contributed by atoms with Crippen LogP contribution in [-0.4, -0.2) is 17.3 Å². The minimum atomic E-state index is 0.0600. The van der Waals surface area contributed by atoms with E-state index in [4.69, 9.17) is 0 Å². The van der Waals surface area contributed by atoms with Crippen molar-refractivity contribution in [2.24, 2.45) is 5.92 Å². The smallest absolute Gasteiger partial charge is 0.252 e. The van der Waals surface area contributed by atoms with Gasteiger partial charge in [-0.15, -0.1) is 11.3 Å². The number of thiophene rings is 1. The minimum Gasteiger partial charge on any atom is -0.349 e. The molecule has 0 radical (unpaired) electrons. The second-order valence-corrected chi connectivity index (χ2v) is 7.36. The van der Waals surface area contributed by atoms with Gasteiger partial charge in [-0.3, -0.25) is 4.79 Å². The summed E-state index contributed by atoms with van der Waals surface area (Å²) in [5, 5.41) is 6.04. The van der Waals surface area contributed by atoms with Crippen molar-refractivity contribution in [3.63, 3.8) is 0 Å². The molecule has 1 N–H and O–H groups in total. The van der Waals surface area contributed by atoms with Crippen LogP contribution in [0.4, 0.5) is 0 Å². The highest BCUT2D eigenvalue weighted by molar-refractivity contribution is 9.11. The van der Waals surface area contributed by atoms with Gasteiger partial charge in [-0.2, -0.15) is 0 Å². The van der Waals surface area contributed by atoms with Crippen LogP contribution in [0.2, 0.25) is 0 Å². The van der Waals surface area contributed by atoms with Crippen LogP contribution in [-0.2, 0) is 0 Å². The molecule has 0 aromatic carbocycles. The van der Waals surface area contributed by atoms with Crippen molar-refractivity contribution in [3.8, 4) is 0 Å². The molecule has 1 heterocycles. The number of carbonyl (C=O) groups excluding carboxylic acids is 1. The summed E-state index contributed by atoms with van der Waals surface area (Å²) in [5.41, 5.74) is 0.765. The molecule has 2 atom stereocenters. The van der Waals surface area contributed by atoms with E-state index in [0.29, 0.717) is 12.0 Å². The summed E-state index contributed by atoms with van der Waals surface area (Å²) < 4.78 is 1.00. The van der Waals surface area contributed by atoms with Gasteiger partial charge in [0.2, 0.25) is 0 Å². The van der Waals surface area contributed by atoms with E-state index >= 15 is 0 Å². The van der Waals surface area contributed by atoms with Gasteiger partial charge in [0.15, 0.2) is 0 Å².